The summed E-state index contributed by atoms with van der Waals surface area (Å²) in [5, 5.41) is 0.209. The molecule has 1 saturated heterocycles. The quantitative estimate of drug-likeness (QED) is 0.286. The molecule has 130 valence electrons. The van der Waals surface area contributed by atoms with Gasteiger partial charge in [0.15, 0.2) is 5.76 Å². The van der Waals surface area contributed by atoms with Crippen molar-refractivity contribution >= 4 is 52.2 Å². The number of nitrogens with zero attached hydrogens (tertiary/aromatic N) is 2. The molecule has 0 unspecified atom stereocenters. The van der Waals surface area contributed by atoms with Crippen molar-refractivity contribution in [2.75, 3.05) is 20.2 Å². The molecule has 1 fully saturated rings. The maximum atomic E-state index is 12.5. The Hall–Kier alpha value is -1.87. The van der Waals surface area contributed by atoms with Gasteiger partial charge in [0, 0.05) is 19.3 Å². The van der Waals surface area contributed by atoms with Crippen molar-refractivity contribution in [3.63, 3.8) is 0 Å². The molecule has 3 rings (SSSR count). The first-order chi connectivity index (χ1) is 12.1. The van der Waals surface area contributed by atoms with Crippen molar-refractivity contribution < 1.29 is 14.3 Å². The van der Waals surface area contributed by atoms with E-state index in [0.717, 1.165) is 24.3 Å². The van der Waals surface area contributed by atoms with Crippen molar-refractivity contribution in [3.05, 3.63) is 59.5 Å². The van der Waals surface area contributed by atoms with E-state index in [2.05, 4.69) is 38.1 Å². The van der Waals surface area contributed by atoms with E-state index in [1.165, 1.54) is 10.5 Å². The fraction of sp³-hybridized carbons (Fsp3) is 0.222. The van der Waals surface area contributed by atoms with Crippen molar-refractivity contribution in [2.24, 2.45) is 0 Å². The van der Waals surface area contributed by atoms with E-state index in [0.29, 0.717) is 6.54 Å². The molecule has 0 atom stereocenters. The number of allylic oxidation sites excluding steroid dienone is 1. The zero-order valence-corrected chi connectivity index (χ0v) is 16.6. The van der Waals surface area contributed by atoms with Crippen LogP contribution in [0.1, 0.15) is 12.0 Å². The number of thiocarbonyl (C=S) groups is 1. The summed E-state index contributed by atoms with van der Waals surface area (Å²) < 4.78 is 12.7. The molecule has 0 aromatic heterocycles. The minimum Gasteiger partial charge on any atom is -0.497 e. The number of hydrogen-bond donors (Lipinski definition) is 0. The average Bonchev–Trinajstić information content (AvgIpc) is 2.89. The molecule has 0 spiro atoms. The van der Waals surface area contributed by atoms with Gasteiger partial charge in [0.1, 0.15) is 5.75 Å². The molecule has 0 N–H and O–H groups in total. The van der Waals surface area contributed by atoms with E-state index in [1.807, 2.05) is 30.5 Å². The first-order valence-electron chi connectivity index (χ1n) is 7.76. The summed E-state index contributed by atoms with van der Waals surface area (Å²) in [6.45, 7) is 1.37. The number of rotatable bonds is 5. The van der Waals surface area contributed by atoms with Crippen LogP contribution in [0.5, 0.6) is 5.75 Å². The summed E-state index contributed by atoms with van der Waals surface area (Å²) in [6.07, 6.45) is 8.65. The van der Waals surface area contributed by atoms with Gasteiger partial charge in [-0.05, 0) is 54.1 Å². The van der Waals surface area contributed by atoms with E-state index in [1.54, 1.807) is 13.2 Å². The molecule has 7 heteroatoms. The van der Waals surface area contributed by atoms with Crippen molar-refractivity contribution in [2.45, 2.75) is 6.42 Å². The van der Waals surface area contributed by atoms with Gasteiger partial charge in [-0.1, -0.05) is 18.2 Å². The Morgan fingerprint density at radius 3 is 2.76 bits per heavy atom. The van der Waals surface area contributed by atoms with E-state index >= 15 is 0 Å². The van der Waals surface area contributed by atoms with Crippen LogP contribution in [0.15, 0.2) is 53.9 Å². The third-order valence-corrected chi connectivity index (χ3v) is 4.91. The lowest BCUT2D eigenvalue weighted by molar-refractivity contribution is -0.122. The number of amides is 1. The predicted octanol–water partition coefficient (Wildman–Crippen LogP) is 3.68. The van der Waals surface area contributed by atoms with Gasteiger partial charge in [-0.15, -0.1) is 0 Å². The number of ether oxygens (including phenoxy) is 2. The number of benzene rings is 1. The molecule has 2 aliphatic rings. The van der Waals surface area contributed by atoms with Crippen LogP contribution < -0.4 is 4.74 Å². The largest absolute Gasteiger partial charge is 0.497 e. The van der Waals surface area contributed by atoms with Gasteiger partial charge in [0.25, 0.3) is 11.1 Å². The molecule has 0 aliphatic carbocycles. The molecule has 0 radical (unpaired) electrons. The van der Waals surface area contributed by atoms with Crippen molar-refractivity contribution in [1.29, 1.82) is 0 Å². The highest BCUT2D eigenvalue weighted by Crippen LogP contribution is 2.23. The lowest BCUT2D eigenvalue weighted by Crippen LogP contribution is -2.30. The number of halogens is 1. The highest BCUT2D eigenvalue weighted by atomic mass is 127. The summed E-state index contributed by atoms with van der Waals surface area (Å²) >= 11 is 7.45. The molecule has 1 aromatic rings. The van der Waals surface area contributed by atoms with Gasteiger partial charge in [-0.3, -0.25) is 9.69 Å². The number of carbonyl (C=O) groups excluding carboxylic acids is 1. The third-order valence-electron chi connectivity index (χ3n) is 3.89. The minimum atomic E-state index is -0.197. The molecule has 25 heavy (non-hydrogen) atoms. The van der Waals surface area contributed by atoms with E-state index in [4.69, 9.17) is 21.7 Å². The molecule has 1 amide bonds. The number of hydrogen-bond acceptors (Lipinski definition) is 5. The summed E-state index contributed by atoms with van der Waals surface area (Å²) in [7, 11) is 1.61. The van der Waals surface area contributed by atoms with Crippen LogP contribution in [0.25, 0.3) is 6.08 Å². The summed E-state index contributed by atoms with van der Waals surface area (Å²) in [5.74, 6) is 0.815. The Morgan fingerprint density at radius 1 is 1.36 bits per heavy atom. The van der Waals surface area contributed by atoms with Crippen LogP contribution in [-0.4, -0.2) is 39.3 Å². The summed E-state index contributed by atoms with van der Waals surface area (Å²) in [6, 6.07) is 7.39. The first-order valence-corrected chi connectivity index (χ1v) is 9.13. The SMILES string of the molecule is COc1ccc(/C=C2/OC(=S)N(CCC3=CCN(I)C=C3)C2=O)cc1. The van der Waals surface area contributed by atoms with Gasteiger partial charge in [-0.25, -0.2) is 0 Å². The average molecular weight is 468 g/mol. The second-order valence-corrected chi connectivity index (χ2v) is 7.12. The Morgan fingerprint density at radius 2 is 2.12 bits per heavy atom. The highest BCUT2D eigenvalue weighted by Gasteiger charge is 2.33. The van der Waals surface area contributed by atoms with Gasteiger partial charge in [0.2, 0.25) is 0 Å². The number of carbonyl (C=O) groups is 1. The molecule has 5 nitrogen and oxygen atoms in total. The van der Waals surface area contributed by atoms with Crippen LogP contribution in [0.2, 0.25) is 0 Å². The summed E-state index contributed by atoms with van der Waals surface area (Å²) in [4.78, 5) is 14.1. The Kier molecular flexibility index (Phi) is 5.74. The van der Waals surface area contributed by atoms with Crippen LogP contribution in [0.3, 0.4) is 0 Å². The van der Waals surface area contributed by atoms with Crippen molar-refractivity contribution in [3.8, 4) is 5.75 Å². The van der Waals surface area contributed by atoms with E-state index < -0.39 is 0 Å². The predicted molar refractivity (Wildman–Crippen MR) is 109 cm³/mol. The molecule has 0 saturated carbocycles. The molecule has 2 heterocycles. The third kappa shape index (κ3) is 4.40. The van der Waals surface area contributed by atoms with E-state index in [-0.39, 0.29) is 16.8 Å². The zero-order chi connectivity index (χ0) is 17.8. The molecular formula is C18H17IN2O3S. The topological polar surface area (TPSA) is 42.0 Å². The molecule has 0 bridgehead atoms. The second kappa shape index (κ2) is 8.01. The fourth-order valence-corrected chi connectivity index (χ4v) is 3.10. The van der Waals surface area contributed by atoms with Gasteiger partial charge < -0.3 is 12.6 Å². The van der Waals surface area contributed by atoms with Crippen LogP contribution in [0.4, 0.5) is 0 Å². The maximum Gasteiger partial charge on any atom is 0.297 e. The Labute approximate surface area is 166 Å². The monoisotopic (exact) mass is 468 g/mol. The van der Waals surface area contributed by atoms with Crippen molar-refractivity contribution in [1.82, 2.24) is 8.01 Å². The minimum absolute atomic E-state index is 0.197. The molecule has 2 aliphatic heterocycles. The molecular weight excluding hydrogens is 451 g/mol. The van der Waals surface area contributed by atoms with Crippen LogP contribution in [-0.2, 0) is 9.53 Å². The Bertz CT molecular complexity index is 771. The van der Waals surface area contributed by atoms with Crippen LogP contribution >= 0.6 is 35.1 Å². The fourth-order valence-electron chi connectivity index (χ4n) is 2.48. The zero-order valence-electron chi connectivity index (χ0n) is 13.6. The maximum absolute atomic E-state index is 12.5. The lowest BCUT2D eigenvalue weighted by Gasteiger charge is -2.17. The van der Waals surface area contributed by atoms with Crippen LogP contribution in [0, 0.1) is 0 Å². The Balaban J connectivity index is 1.65. The van der Waals surface area contributed by atoms with Gasteiger partial charge >= 0.3 is 0 Å². The van der Waals surface area contributed by atoms with Gasteiger partial charge in [0.05, 0.1) is 30.0 Å². The lowest BCUT2D eigenvalue weighted by atomic mass is 10.1. The smallest absolute Gasteiger partial charge is 0.297 e. The second-order valence-electron chi connectivity index (χ2n) is 5.53. The highest BCUT2D eigenvalue weighted by molar-refractivity contribution is 14.1. The standard InChI is InChI=1S/C18H17IN2O3S/c1-23-15-4-2-14(3-5-15)12-16-17(22)21(18(25)24-16)11-8-13-6-9-20(19)10-7-13/h2-7,9,12H,8,10-11H2,1H3/b16-12+. The normalized spacial score (nSPS) is 18.6. The first kappa shape index (κ1) is 17.9. The molecule has 1 aromatic carbocycles. The van der Waals surface area contributed by atoms with Gasteiger partial charge in [-0.2, -0.15) is 0 Å². The van der Waals surface area contributed by atoms with E-state index in [9.17, 15) is 4.79 Å². The number of methoxy groups -OCH3 is 1. The summed E-state index contributed by atoms with van der Waals surface area (Å²) in [5.41, 5.74) is 2.05.